The third-order valence-electron chi connectivity index (χ3n) is 3.95. The van der Waals surface area contributed by atoms with Gasteiger partial charge in [0.05, 0.1) is 28.0 Å². The van der Waals surface area contributed by atoms with Gasteiger partial charge in [-0.15, -0.1) is 11.3 Å². The molecular formula is C18H19N3O3S. The summed E-state index contributed by atoms with van der Waals surface area (Å²) in [6, 6.07) is 7.30. The van der Waals surface area contributed by atoms with E-state index in [1.54, 1.807) is 17.4 Å². The first kappa shape index (κ1) is 17.3. The number of aryl methyl sites for hydroxylation is 3. The van der Waals surface area contributed by atoms with Gasteiger partial charge in [-0.1, -0.05) is 19.1 Å². The second-order valence-corrected chi connectivity index (χ2v) is 6.60. The van der Waals surface area contributed by atoms with Gasteiger partial charge in [0.1, 0.15) is 12.4 Å². The van der Waals surface area contributed by atoms with E-state index >= 15 is 0 Å². The molecule has 0 saturated heterocycles. The van der Waals surface area contributed by atoms with Crippen LogP contribution in [-0.2, 0) is 36.0 Å². The summed E-state index contributed by atoms with van der Waals surface area (Å²) in [6.45, 7) is 2.22. The minimum absolute atomic E-state index is 0.170. The van der Waals surface area contributed by atoms with Gasteiger partial charge in [-0.05, 0) is 18.6 Å². The number of aromatic nitrogens is 3. The van der Waals surface area contributed by atoms with E-state index < -0.39 is 0 Å². The third kappa shape index (κ3) is 3.93. The zero-order chi connectivity index (χ0) is 17.8. The van der Waals surface area contributed by atoms with Crippen molar-refractivity contribution in [1.82, 2.24) is 14.5 Å². The molecule has 130 valence electrons. The highest BCUT2D eigenvalue weighted by atomic mass is 32.1. The summed E-state index contributed by atoms with van der Waals surface area (Å²) in [5, 5.41) is 3.51. The van der Waals surface area contributed by atoms with Gasteiger partial charge in [-0.2, -0.15) is 4.98 Å². The van der Waals surface area contributed by atoms with E-state index in [1.807, 2.05) is 42.1 Å². The highest BCUT2D eigenvalue weighted by Crippen LogP contribution is 2.13. The first-order valence-corrected chi connectivity index (χ1v) is 9.00. The van der Waals surface area contributed by atoms with Gasteiger partial charge >= 0.3 is 5.97 Å². The van der Waals surface area contributed by atoms with Crippen LogP contribution in [0.3, 0.4) is 0 Å². The minimum Gasteiger partial charge on any atom is -0.459 e. The van der Waals surface area contributed by atoms with Gasteiger partial charge < -0.3 is 9.30 Å². The number of fused-ring (bicyclic) bond motifs is 1. The Labute approximate surface area is 149 Å². The summed E-state index contributed by atoms with van der Waals surface area (Å²) in [5.74, 6) is 0.246. The monoisotopic (exact) mass is 357 g/mol. The van der Waals surface area contributed by atoms with Crippen molar-refractivity contribution in [2.45, 2.75) is 32.8 Å². The first-order valence-electron chi connectivity index (χ1n) is 8.12. The molecule has 3 rings (SSSR count). The maximum atomic E-state index is 12.1. The highest BCUT2D eigenvalue weighted by Gasteiger charge is 2.11. The lowest BCUT2D eigenvalue weighted by Gasteiger charge is -2.10. The molecule has 0 spiro atoms. The van der Waals surface area contributed by atoms with Crippen molar-refractivity contribution in [3.05, 3.63) is 56.5 Å². The van der Waals surface area contributed by atoms with Crippen molar-refractivity contribution in [1.29, 1.82) is 0 Å². The lowest BCUT2D eigenvalue weighted by atomic mass is 10.2. The number of ether oxygens (including phenoxy) is 1. The summed E-state index contributed by atoms with van der Waals surface area (Å²) >= 11 is 1.57. The Kier molecular flexibility index (Phi) is 5.23. The van der Waals surface area contributed by atoms with Crippen molar-refractivity contribution >= 4 is 28.2 Å². The molecular weight excluding hydrogens is 338 g/mol. The number of carbonyl (C=O) groups is 1. The number of carbonyl (C=O) groups excluding carboxylic acids is 1. The second kappa shape index (κ2) is 7.57. The summed E-state index contributed by atoms with van der Waals surface area (Å²) in [4.78, 5) is 32.5. The number of hydrogen-bond acceptors (Lipinski definition) is 6. The molecule has 25 heavy (non-hydrogen) atoms. The predicted molar refractivity (Wildman–Crippen MR) is 96.6 cm³/mol. The molecule has 0 N–H and O–H groups in total. The van der Waals surface area contributed by atoms with Gasteiger partial charge in [0.2, 0.25) is 0 Å². The van der Waals surface area contributed by atoms with Crippen LogP contribution < -0.4 is 5.56 Å². The van der Waals surface area contributed by atoms with Gasteiger partial charge in [0, 0.05) is 18.8 Å². The van der Waals surface area contributed by atoms with E-state index in [2.05, 4.69) is 9.97 Å². The van der Waals surface area contributed by atoms with Crippen molar-refractivity contribution in [2.24, 2.45) is 7.05 Å². The van der Waals surface area contributed by atoms with E-state index in [-0.39, 0.29) is 24.6 Å². The second-order valence-electron chi connectivity index (χ2n) is 5.66. The molecule has 0 unspecified atom stereocenters. The summed E-state index contributed by atoms with van der Waals surface area (Å²) < 4.78 is 7.10. The molecule has 2 aromatic heterocycles. The maximum Gasteiger partial charge on any atom is 0.306 e. The molecule has 0 amide bonds. The quantitative estimate of drug-likeness (QED) is 0.634. The number of thiazole rings is 1. The Morgan fingerprint density at radius 1 is 1.28 bits per heavy atom. The molecule has 0 bridgehead atoms. The van der Waals surface area contributed by atoms with E-state index in [1.165, 1.54) is 0 Å². The Morgan fingerprint density at radius 2 is 2.08 bits per heavy atom. The van der Waals surface area contributed by atoms with Gasteiger partial charge in [-0.3, -0.25) is 9.59 Å². The number of nitrogens with zero attached hydrogens (tertiary/aromatic N) is 3. The topological polar surface area (TPSA) is 74.1 Å². The molecule has 1 aromatic carbocycles. The molecule has 7 heteroatoms. The van der Waals surface area contributed by atoms with Crippen molar-refractivity contribution in [2.75, 3.05) is 0 Å². The van der Waals surface area contributed by atoms with E-state index in [0.717, 1.165) is 22.6 Å². The minimum atomic E-state index is -0.326. The average molecular weight is 357 g/mol. The lowest BCUT2D eigenvalue weighted by molar-refractivity contribution is -0.145. The summed E-state index contributed by atoms with van der Waals surface area (Å²) in [5.41, 5.74) is 1.30. The fourth-order valence-corrected chi connectivity index (χ4v) is 3.31. The first-order chi connectivity index (χ1) is 12.1. The van der Waals surface area contributed by atoms with Crippen molar-refractivity contribution in [3.63, 3.8) is 0 Å². The van der Waals surface area contributed by atoms with E-state index in [9.17, 15) is 9.59 Å². The SMILES string of the molecule is CCc1nc(COC(=O)CCc2nc(=O)c3ccccc3n2C)cs1. The zero-order valence-electron chi connectivity index (χ0n) is 14.2. The summed E-state index contributed by atoms with van der Waals surface area (Å²) in [7, 11) is 1.84. The normalized spacial score (nSPS) is 11.0. The molecule has 2 heterocycles. The smallest absolute Gasteiger partial charge is 0.306 e. The van der Waals surface area contributed by atoms with Crippen LogP contribution in [0.1, 0.15) is 29.9 Å². The molecule has 0 aliphatic rings. The van der Waals surface area contributed by atoms with Gasteiger partial charge in [-0.25, -0.2) is 4.98 Å². The Balaban J connectivity index is 1.63. The molecule has 0 fully saturated rings. The number of esters is 1. The van der Waals surface area contributed by atoms with E-state index in [4.69, 9.17) is 4.74 Å². The third-order valence-corrected chi connectivity index (χ3v) is 4.99. The number of para-hydroxylation sites is 1. The molecule has 0 aliphatic carbocycles. The van der Waals surface area contributed by atoms with Gasteiger partial charge in [0.25, 0.3) is 5.56 Å². The van der Waals surface area contributed by atoms with Crippen molar-refractivity contribution < 1.29 is 9.53 Å². The van der Waals surface area contributed by atoms with Crippen LogP contribution in [0.15, 0.2) is 34.4 Å². The molecule has 0 radical (unpaired) electrons. The largest absolute Gasteiger partial charge is 0.459 e. The molecule has 3 aromatic rings. The summed E-state index contributed by atoms with van der Waals surface area (Å²) in [6.07, 6.45) is 1.40. The van der Waals surface area contributed by atoms with Crippen LogP contribution in [0, 0.1) is 0 Å². The van der Waals surface area contributed by atoms with E-state index in [0.29, 0.717) is 17.6 Å². The average Bonchev–Trinajstić information content (AvgIpc) is 3.10. The fourth-order valence-electron chi connectivity index (χ4n) is 2.58. The zero-order valence-corrected chi connectivity index (χ0v) is 15.0. The standard InChI is InChI=1S/C18H19N3O3S/c1-3-16-19-12(11-25-16)10-24-17(22)9-8-15-20-18(23)13-6-4-5-7-14(13)21(15)2/h4-7,11H,3,8-10H2,1-2H3. The highest BCUT2D eigenvalue weighted by molar-refractivity contribution is 7.09. The fraction of sp³-hybridized carbons (Fsp3) is 0.333. The Bertz CT molecular complexity index is 962. The Hall–Kier alpha value is -2.54. The predicted octanol–water partition coefficient (Wildman–Crippen LogP) is 2.63. The molecule has 6 nitrogen and oxygen atoms in total. The molecule has 0 saturated carbocycles. The maximum absolute atomic E-state index is 12.1. The van der Waals surface area contributed by atoms with Crippen LogP contribution in [0.25, 0.3) is 10.9 Å². The van der Waals surface area contributed by atoms with Gasteiger partial charge in [0.15, 0.2) is 0 Å². The van der Waals surface area contributed by atoms with Crippen LogP contribution in [0.5, 0.6) is 0 Å². The Morgan fingerprint density at radius 3 is 2.84 bits per heavy atom. The number of benzene rings is 1. The number of rotatable bonds is 6. The van der Waals surface area contributed by atoms with Crippen LogP contribution >= 0.6 is 11.3 Å². The van der Waals surface area contributed by atoms with Crippen LogP contribution in [-0.4, -0.2) is 20.5 Å². The lowest BCUT2D eigenvalue weighted by Crippen LogP contribution is -2.18. The number of hydrogen-bond donors (Lipinski definition) is 0. The van der Waals surface area contributed by atoms with Crippen molar-refractivity contribution in [3.8, 4) is 0 Å². The molecule has 0 atom stereocenters. The molecule has 0 aliphatic heterocycles. The van der Waals surface area contributed by atoms with Crippen LogP contribution in [0.2, 0.25) is 0 Å². The van der Waals surface area contributed by atoms with Crippen LogP contribution in [0.4, 0.5) is 0 Å².